The lowest BCUT2D eigenvalue weighted by Crippen LogP contribution is -2.55. The summed E-state index contributed by atoms with van der Waals surface area (Å²) in [6.07, 6.45) is -0.286. The number of aliphatic hydroxyl groups is 4. The number of amides is 1. The molecular weight excluding hydrogens is 394 g/mol. The van der Waals surface area contributed by atoms with Gasteiger partial charge in [0.1, 0.15) is 12.2 Å². The van der Waals surface area contributed by atoms with Gasteiger partial charge in [-0.1, -0.05) is 13.3 Å². The summed E-state index contributed by atoms with van der Waals surface area (Å²) in [5.74, 6) is -0.368. The number of carbonyl (C=O) groups is 1. The molecule has 9 heteroatoms. The maximum atomic E-state index is 12.5. The normalized spacial score (nSPS) is 34.7. The highest BCUT2D eigenvalue weighted by atomic mass is 16.7. The highest BCUT2D eigenvalue weighted by Crippen LogP contribution is 2.27. The van der Waals surface area contributed by atoms with E-state index in [2.05, 4.69) is 0 Å². The summed E-state index contributed by atoms with van der Waals surface area (Å²) in [5, 5.41) is 38.7. The number of carbonyl (C=O) groups excluding carboxylic acids is 1. The molecule has 2 aliphatic heterocycles. The molecule has 7 atom stereocenters. The van der Waals surface area contributed by atoms with Gasteiger partial charge in [0.25, 0.3) is 0 Å². The molecule has 0 spiro atoms. The third kappa shape index (κ3) is 6.85. The zero-order chi connectivity index (χ0) is 22.3. The van der Waals surface area contributed by atoms with Gasteiger partial charge in [0.15, 0.2) is 6.29 Å². The Labute approximate surface area is 178 Å². The van der Waals surface area contributed by atoms with Crippen LogP contribution in [0.2, 0.25) is 0 Å². The molecule has 2 rings (SSSR count). The Balaban J connectivity index is 1.65. The van der Waals surface area contributed by atoms with Crippen LogP contribution in [-0.2, 0) is 19.0 Å². The van der Waals surface area contributed by atoms with Crippen LogP contribution in [0, 0.1) is 5.92 Å². The maximum absolute atomic E-state index is 12.5. The van der Waals surface area contributed by atoms with Gasteiger partial charge in [-0.15, -0.1) is 0 Å². The van der Waals surface area contributed by atoms with Crippen LogP contribution in [-0.4, -0.2) is 100 Å². The SMILES string of the molecule is CC(C)OC1C[C@@H](CO)N(C(=O)CCCCCO[C@@H]2OC(CO)[C@H](O)[C@H](O)C2C)C1. The van der Waals surface area contributed by atoms with Crippen molar-refractivity contribution in [2.24, 2.45) is 5.92 Å². The van der Waals surface area contributed by atoms with Crippen molar-refractivity contribution in [3.05, 3.63) is 0 Å². The van der Waals surface area contributed by atoms with Gasteiger partial charge in [0, 0.05) is 25.5 Å². The summed E-state index contributed by atoms with van der Waals surface area (Å²) in [6, 6.07) is -0.171. The van der Waals surface area contributed by atoms with Crippen molar-refractivity contribution in [2.45, 2.75) is 95.7 Å². The molecule has 0 aliphatic carbocycles. The molecule has 2 aliphatic rings. The van der Waals surface area contributed by atoms with E-state index in [-0.39, 0.29) is 37.4 Å². The fourth-order valence-electron chi connectivity index (χ4n) is 4.14. The van der Waals surface area contributed by atoms with Crippen LogP contribution < -0.4 is 0 Å². The fraction of sp³-hybridized carbons (Fsp3) is 0.952. The van der Waals surface area contributed by atoms with Crippen molar-refractivity contribution in [2.75, 3.05) is 26.4 Å². The number of likely N-dealkylation sites (tertiary alicyclic amines) is 1. The molecule has 9 nitrogen and oxygen atoms in total. The van der Waals surface area contributed by atoms with Crippen LogP contribution in [0.5, 0.6) is 0 Å². The Morgan fingerprint density at radius 3 is 2.50 bits per heavy atom. The molecule has 0 aromatic heterocycles. The molecular formula is C21H39NO8. The van der Waals surface area contributed by atoms with Crippen molar-refractivity contribution < 1.29 is 39.4 Å². The maximum Gasteiger partial charge on any atom is 0.222 e. The van der Waals surface area contributed by atoms with Gasteiger partial charge in [0.05, 0.1) is 37.6 Å². The fourth-order valence-corrected chi connectivity index (χ4v) is 4.14. The van der Waals surface area contributed by atoms with E-state index in [9.17, 15) is 25.2 Å². The van der Waals surface area contributed by atoms with Crippen molar-refractivity contribution in [1.82, 2.24) is 4.90 Å². The number of nitrogens with zero attached hydrogens (tertiary/aromatic N) is 1. The quantitative estimate of drug-likeness (QED) is 0.336. The second kappa shape index (κ2) is 12.3. The lowest BCUT2D eigenvalue weighted by molar-refractivity contribution is -0.282. The first-order valence-corrected chi connectivity index (χ1v) is 11.1. The molecule has 0 saturated carbocycles. The Morgan fingerprint density at radius 2 is 1.87 bits per heavy atom. The highest BCUT2D eigenvalue weighted by Gasteiger charge is 2.42. The number of hydrogen-bond acceptors (Lipinski definition) is 8. The summed E-state index contributed by atoms with van der Waals surface area (Å²) >= 11 is 0. The first-order chi connectivity index (χ1) is 14.3. The Morgan fingerprint density at radius 1 is 1.13 bits per heavy atom. The molecule has 0 bridgehead atoms. The smallest absolute Gasteiger partial charge is 0.222 e. The van der Waals surface area contributed by atoms with Crippen molar-refractivity contribution in [1.29, 1.82) is 0 Å². The molecule has 0 aromatic rings. The van der Waals surface area contributed by atoms with Crippen molar-refractivity contribution in [3.63, 3.8) is 0 Å². The highest BCUT2D eigenvalue weighted by molar-refractivity contribution is 5.76. The molecule has 0 aromatic carbocycles. The van der Waals surface area contributed by atoms with E-state index >= 15 is 0 Å². The minimum absolute atomic E-state index is 0.0198. The molecule has 176 valence electrons. The molecule has 2 saturated heterocycles. The average molecular weight is 434 g/mol. The predicted octanol–water partition coefficient (Wildman–Crippen LogP) is 0.0253. The number of ether oxygens (including phenoxy) is 3. The second-order valence-electron chi connectivity index (χ2n) is 8.67. The molecule has 4 N–H and O–H groups in total. The van der Waals surface area contributed by atoms with Gasteiger partial charge in [0.2, 0.25) is 5.91 Å². The monoisotopic (exact) mass is 433 g/mol. The largest absolute Gasteiger partial charge is 0.394 e. The minimum atomic E-state index is -1.13. The summed E-state index contributed by atoms with van der Waals surface area (Å²) in [5.41, 5.74) is 0. The van der Waals surface area contributed by atoms with E-state index in [4.69, 9.17) is 14.2 Å². The Hall–Kier alpha value is -0.810. The number of aliphatic hydroxyl groups excluding tert-OH is 4. The molecule has 0 radical (unpaired) electrons. The van der Waals surface area contributed by atoms with Gasteiger partial charge < -0.3 is 39.5 Å². The molecule has 2 heterocycles. The summed E-state index contributed by atoms with van der Waals surface area (Å²) in [7, 11) is 0. The van der Waals surface area contributed by atoms with E-state index in [0.29, 0.717) is 32.4 Å². The van der Waals surface area contributed by atoms with Crippen LogP contribution in [0.15, 0.2) is 0 Å². The van der Waals surface area contributed by atoms with Crippen LogP contribution in [0.4, 0.5) is 0 Å². The third-order valence-electron chi connectivity index (χ3n) is 5.88. The topological polar surface area (TPSA) is 129 Å². The van der Waals surface area contributed by atoms with Gasteiger partial charge in [-0.2, -0.15) is 0 Å². The van der Waals surface area contributed by atoms with Crippen LogP contribution >= 0.6 is 0 Å². The second-order valence-corrected chi connectivity index (χ2v) is 8.67. The Kier molecular flexibility index (Phi) is 10.4. The van der Waals surface area contributed by atoms with Gasteiger partial charge in [-0.3, -0.25) is 4.79 Å². The van der Waals surface area contributed by atoms with E-state index in [1.54, 1.807) is 11.8 Å². The number of rotatable bonds is 11. The van der Waals surface area contributed by atoms with Gasteiger partial charge in [-0.25, -0.2) is 0 Å². The van der Waals surface area contributed by atoms with Crippen LogP contribution in [0.1, 0.15) is 52.9 Å². The molecule has 30 heavy (non-hydrogen) atoms. The van der Waals surface area contributed by atoms with E-state index < -0.39 is 30.5 Å². The van der Waals surface area contributed by atoms with E-state index in [1.165, 1.54) is 0 Å². The predicted molar refractivity (Wildman–Crippen MR) is 109 cm³/mol. The van der Waals surface area contributed by atoms with Gasteiger partial charge in [-0.05, 0) is 33.1 Å². The van der Waals surface area contributed by atoms with Crippen molar-refractivity contribution in [3.8, 4) is 0 Å². The minimum Gasteiger partial charge on any atom is -0.394 e. The summed E-state index contributed by atoms with van der Waals surface area (Å²) in [6.45, 7) is 6.15. The first-order valence-electron chi connectivity index (χ1n) is 11.1. The van der Waals surface area contributed by atoms with Crippen molar-refractivity contribution >= 4 is 5.91 Å². The lowest BCUT2D eigenvalue weighted by Gasteiger charge is -2.40. The van der Waals surface area contributed by atoms with E-state index in [1.807, 2.05) is 13.8 Å². The standard InChI is InChI=1S/C21H39NO8/c1-13(2)29-16-9-15(11-23)22(10-16)18(25)7-5-4-6-8-28-21-14(3)19(26)20(27)17(12-24)30-21/h13-17,19-21,23-24,26-27H,4-12H2,1-3H3/t14?,15-,16?,17?,19+,20-,21+/m0/s1. The summed E-state index contributed by atoms with van der Waals surface area (Å²) < 4.78 is 17.0. The molecule has 2 fully saturated rings. The third-order valence-corrected chi connectivity index (χ3v) is 5.88. The number of unbranched alkanes of at least 4 members (excludes halogenated alkanes) is 2. The molecule has 3 unspecified atom stereocenters. The lowest BCUT2D eigenvalue weighted by atomic mass is 9.92. The number of hydrogen-bond donors (Lipinski definition) is 4. The molecule has 1 amide bonds. The van der Waals surface area contributed by atoms with E-state index in [0.717, 1.165) is 12.8 Å². The van der Waals surface area contributed by atoms with Crippen LogP contribution in [0.3, 0.4) is 0 Å². The zero-order valence-electron chi connectivity index (χ0n) is 18.4. The van der Waals surface area contributed by atoms with Crippen LogP contribution in [0.25, 0.3) is 0 Å². The zero-order valence-corrected chi connectivity index (χ0v) is 18.4. The summed E-state index contributed by atoms with van der Waals surface area (Å²) in [4.78, 5) is 14.3. The van der Waals surface area contributed by atoms with Gasteiger partial charge >= 0.3 is 0 Å². The first kappa shape index (κ1) is 25.5. The average Bonchev–Trinajstić information content (AvgIpc) is 3.12. The Bertz CT molecular complexity index is 517.